The van der Waals surface area contributed by atoms with Gasteiger partial charge in [0.15, 0.2) is 0 Å². The highest BCUT2D eigenvalue weighted by Crippen LogP contribution is 2.33. The molecular weight excluding hydrogens is 285 g/mol. The SMILES string of the molecule is CCn1cc2n(c1=O)C[C@@](C)(c1cc(N)ccc1F)N=C2N. The number of anilines is 1. The van der Waals surface area contributed by atoms with E-state index in [4.69, 9.17) is 11.5 Å². The molecule has 0 amide bonds. The van der Waals surface area contributed by atoms with Crippen molar-refractivity contribution in [2.75, 3.05) is 5.73 Å². The third-order valence-electron chi connectivity index (χ3n) is 4.05. The minimum atomic E-state index is -0.972. The molecule has 7 heteroatoms. The molecule has 4 N–H and O–H groups in total. The van der Waals surface area contributed by atoms with Crippen LogP contribution in [0.25, 0.3) is 0 Å². The number of nitrogens with zero attached hydrogens (tertiary/aromatic N) is 3. The highest BCUT2D eigenvalue weighted by atomic mass is 19.1. The van der Waals surface area contributed by atoms with Gasteiger partial charge in [0.05, 0.1) is 6.54 Å². The summed E-state index contributed by atoms with van der Waals surface area (Å²) in [7, 11) is 0. The van der Waals surface area contributed by atoms with Crippen LogP contribution in [0.4, 0.5) is 10.1 Å². The molecule has 2 heterocycles. The van der Waals surface area contributed by atoms with E-state index in [2.05, 4.69) is 4.99 Å². The maximum absolute atomic E-state index is 14.2. The smallest absolute Gasteiger partial charge is 0.328 e. The Bertz CT molecular complexity index is 835. The van der Waals surface area contributed by atoms with Crippen molar-refractivity contribution >= 4 is 11.5 Å². The van der Waals surface area contributed by atoms with Gasteiger partial charge in [-0.3, -0.25) is 14.1 Å². The van der Waals surface area contributed by atoms with Crippen molar-refractivity contribution in [2.45, 2.75) is 32.5 Å². The molecule has 0 fully saturated rings. The Hall–Kier alpha value is -2.57. The van der Waals surface area contributed by atoms with Crippen LogP contribution >= 0.6 is 0 Å². The number of aryl methyl sites for hydroxylation is 1. The van der Waals surface area contributed by atoms with Crippen LogP contribution in [0.2, 0.25) is 0 Å². The summed E-state index contributed by atoms with van der Waals surface area (Å²) in [6.07, 6.45) is 1.68. The van der Waals surface area contributed by atoms with Crippen LogP contribution in [-0.4, -0.2) is 15.0 Å². The molecule has 0 radical (unpaired) electrons. The second-order valence-electron chi connectivity index (χ2n) is 5.68. The summed E-state index contributed by atoms with van der Waals surface area (Å²) in [5.41, 5.74) is 12.0. The summed E-state index contributed by atoms with van der Waals surface area (Å²) in [4.78, 5) is 16.8. The number of nitrogens with two attached hydrogens (primary N) is 2. The van der Waals surface area contributed by atoms with E-state index in [1.54, 1.807) is 23.8 Å². The number of fused-ring (bicyclic) bond motifs is 1. The standard InChI is InChI=1S/C15H18FN5O/c1-3-20-7-12-13(18)19-15(2,8-21(12)14(20)22)10-6-9(17)4-5-11(10)16/h4-7H,3,8,17H2,1-2H3,(H2,18,19)/t15-/m0/s1. The topological polar surface area (TPSA) is 91.3 Å². The number of hydrogen-bond acceptors (Lipinski definition) is 4. The van der Waals surface area contributed by atoms with Gasteiger partial charge in [0.25, 0.3) is 0 Å². The lowest BCUT2D eigenvalue weighted by Gasteiger charge is -2.31. The summed E-state index contributed by atoms with van der Waals surface area (Å²) in [6.45, 7) is 4.37. The van der Waals surface area contributed by atoms with Crippen LogP contribution in [-0.2, 0) is 18.6 Å². The van der Waals surface area contributed by atoms with Crippen molar-refractivity contribution in [1.29, 1.82) is 0 Å². The van der Waals surface area contributed by atoms with E-state index in [9.17, 15) is 9.18 Å². The Kier molecular flexibility index (Phi) is 3.09. The van der Waals surface area contributed by atoms with Gasteiger partial charge in [-0.05, 0) is 32.0 Å². The Balaban J connectivity index is 2.18. The molecule has 0 bridgehead atoms. The zero-order chi connectivity index (χ0) is 16.1. The molecule has 0 spiro atoms. The molecule has 1 aliphatic heterocycles. The molecular formula is C15H18FN5O. The minimum absolute atomic E-state index is 0.175. The zero-order valence-electron chi connectivity index (χ0n) is 12.5. The highest BCUT2D eigenvalue weighted by molar-refractivity contribution is 5.96. The predicted molar refractivity (Wildman–Crippen MR) is 83.3 cm³/mol. The maximum atomic E-state index is 14.2. The average molecular weight is 303 g/mol. The molecule has 6 nitrogen and oxygen atoms in total. The van der Waals surface area contributed by atoms with Crippen LogP contribution in [0, 0.1) is 5.82 Å². The molecule has 116 valence electrons. The lowest BCUT2D eigenvalue weighted by molar-refractivity contribution is 0.376. The van der Waals surface area contributed by atoms with Gasteiger partial charge in [0.2, 0.25) is 0 Å². The number of aliphatic imine (C=N–C) groups is 1. The van der Waals surface area contributed by atoms with E-state index >= 15 is 0 Å². The quantitative estimate of drug-likeness (QED) is 0.812. The van der Waals surface area contributed by atoms with Crippen molar-refractivity contribution in [3.05, 3.63) is 52.0 Å². The van der Waals surface area contributed by atoms with Gasteiger partial charge in [-0.25, -0.2) is 9.18 Å². The zero-order valence-corrected chi connectivity index (χ0v) is 12.5. The molecule has 0 unspecified atom stereocenters. The van der Waals surface area contributed by atoms with Gasteiger partial charge in [0.1, 0.15) is 22.9 Å². The third kappa shape index (κ3) is 2.01. The summed E-state index contributed by atoms with van der Waals surface area (Å²) in [5.74, 6) is -0.195. The number of benzene rings is 1. The molecule has 1 atom stereocenters. The molecule has 1 aromatic carbocycles. The van der Waals surface area contributed by atoms with Gasteiger partial charge >= 0.3 is 5.69 Å². The second-order valence-corrected chi connectivity index (χ2v) is 5.68. The molecule has 3 rings (SSSR count). The van der Waals surface area contributed by atoms with E-state index < -0.39 is 11.4 Å². The first-order valence-electron chi connectivity index (χ1n) is 7.07. The molecule has 0 aliphatic carbocycles. The summed E-state index contributed by atoms with van der Waals surface area (Å²) in [5, 5.41) is 0. The first-order valence-corrected chi connectivity index (χ1v) is 7.07. The van der Waals surface area contributed by atoms with Gasteiger partial charge < -0.3 is 11.5 Å². The number of aromatic nitrogens is 2. The monoisotopic (exact) mass is 303 g/mol. The Morgan fingerprint density at radius 3 is 2.82 bits per heavy atom. The number of halogens is 1. The van der Waals surface area contributed by atoms with E-state index in [1.165, 1.54) is 16.7 Å². The Morgan fingerprint density at radius 1 is 1.41 bits per heavy atom. The number of amidine groups is 1. The number of rotatable bonds is 2. The number of imidazole rings is 1. The van der Waals surface area contributed by atoms with Crippen LogP contribution < -0.4 is 17.2 Å². The average Bonchev–Trinajstić information content (AvgIpc) is 2.78. The van der Waals surface area contributed by atoms with E-state index in [-0.39, 0.29) is 18.1 Å². The predicted octanol–water partition coefficient (Wildman–Crippen LogP) is 1.03. The van der Waals surface area contributed by atoms with Crippen molar-refractivity contribution in [3.8, 4) is 0 Å². The lowest BCUT2D eigenvalue weighted by Crippen LogP contribution is -2.41. The van der Waals surface area contributed by atoms with Crippen LogP contribution in [0.1, 0.15) is 25.1 Å². The van der Waals surface area contributed by atoms with Gasteiger partial charge in [-0.1, -0.05) is 0 Å². The Morgan fingerprint density at radius 2 is 2.14 bits per heavy atom. The van der Waals surface area contributed by atoms with Crippen LogP contribution in [0.15, 0.2) is 34.2 Å². The molecule has 0 saturated carbocycles. The summed E-state index contributed by atoms with van der Waals surface area (Å²) in [6, 6.07) is 4.33. The van der Waals surface area contributed by atoms with Gasteiger partial charge in [0, 0.05) is 24.0 Å². The van der Waals surface area contributed by atoms with E-state index in [0.29, 0.717) is 23.5 Å². The van der Waals surface area contributed by atoms with Crippen LogP contribution in [0.5, 0.6) is 0 Å². The van der Waals surface area contributed by atoms with Crippen molar-refractivity contribution < 1.29 is 4.39 Å². The molecule has 2 aromatic rings. The first kappa shape index (κ1) is 14.4. The fraction of sp³-hybridized carbons (Fsp3) is 0.333. The minimum Gasteiger partial charge on any atom is -0.399 e. The Labute approximate surface area is 126 Å². The maximum Gasteiger partial charge on any atom is 0.328 e. The van der Waals surface area contributed by atoms with Gasteiger partial charge in [-0.15, -0.1) is 0 Å². The van der Waals surface area contributed by atoms with Crippen molar-refractivity contribution in [3.63, 3.8) is 0 Å². The molecule has 0 saturated heterocycles. The summed E-state index contributed by atoms with van der Waals surface area (Å²) < 4.78 is 17.3. The summed E-state index contributed by atoms with van der Waals surface area (Å²) >= 11 is 0. The number of hydrogen-bond donors (Lipinski definition) is 2. The first-order chi connectivity index (χ1) is 10.4. The van der Waals surface area contributed by atoms with E-state index in [0.717, 1.165) is 0 Å². The van der Waals surface area contributed by atoms with Crippen molar-refractivity contribution in [2.24, 2.45) is 10.7 Å². The fourth-order valence-corrected chi connectivity index (χ4v) is 2.88. The molecule has 1 aliphatic rings. The largest absolute Gasteiger partial charge is 0.399 e. The fourth-order valence-electron chi connectivity index (χ4n) is 2.88. The van der Waals surface area contributed by atoms with Crippen molar-refractivity contribution in [1.82, 2.24) is 9.13 Å². The van der Waals surface area contributed by atoms with E-state index in [1.807, 2.05) is 6.92 Å². The molecule has 22 heavy (non-hydrogen) atoms. The second kappa shape index (κ2) is 4.72. The number of nitrogen functional groups attached to an aromatic ring is 1. The third-order valence-corrected chi connectivity index (χ3v) is 4.05. The molecule has 1 aromatic heterocycles. The normalized spacial score (nSPS) is 20.6. The van der Waals surface area contributed by atoms with Crippen LogP contribution in [0.3, 0.4) is 0 Å². The highest BCUT2D eigenvalue weighted by Gasteiger charge is 2.36. The lowest BCUT2D eigenvalue weighted by atomic mass is 9.90. The van der Waals surface area contributed by atoms with Gasteiger partial charge in [-0.2, -0.15) is 0 Å².